The van der Waals surface area contributed by atoms with Crippen molar-refractivity contribution in [2.45, 2.75) is 64.1 Å². The van der Waals surface area contributed by atoms with E-state index in [0.29, 0.717) is 0 Å². The number of aliphatic imine (C=N–C) groups is 1. The average Bonchev–Trinajstić information content (AvgIpc) is 2.81. The number of hydrogen-bond donors (Lipinski definition) is 2. The lowest BCUT2D eigenvalue weighted by Gasteiger charge is -2.38. The maximum absolute atomic E-state index is 13.2. The van der Waals surface area contributed by atoms with Crippen LogP contribution in [0.1, 0.15) is 38.8 Å². The Labute approximate surface area is 208 Å². The zero-order valence-corrected chi connectivity index (χ0v) is 21.4. The van der Waals surface area contributed by atoms with E-state index in [0.717, 1.165) is 16.8 Å². The first-order chi connectivity index (χ1) is 16.5. The van der Waals surface area contributed by atoms with Gasteiger partial charge in [0.1, 0.15) is 6.10 Å². The van der Waals surface area contributed by atoms with Gasteiger partial charge in [0.15, 0.2) is 0 Å². The predicted octanol–water partition coefficient (Wildman–Crippen LogP) is 3.22. The van der Waals surface area contributed by atoms with Gasteiger partial charge in [-0.1, -0.05) is 42.5 Å². The molecular formula is C27H37N3O5. The molecule has 8 heteroatoms. The number of anilines is 1. The van der Waals surface area contributed by atoms with Crippen LogP contribution < -0.4 is 10.2 Å². The number of aliphatic hydroxyl groups is 1. The van der Waals surface area contributed by atoms with Gasteiger partial charge in [0.05, 0.1) is 18.3 Å². The first-order valence-electron chi connectivity index (χ1n) is 11.7. The zero-order chi connectivity index (χ0) is 26.1. The maximum atomic E-state index is 13.2. The number of hydrogen-bond acceptors (Lipinski definition) is 8. The number of ether oxygens (including phenoxy) is 2. The molecule has 0 unspecified atom stereocenters. The molecule has 190 valence electrons. The van der Waals surface area contributed by atoms with Crippen molar-refractivity contribution in [3.05, 3.63) is 65.7 Å². The Balaban J connectivity index is 2.46. The summed E-state index contributed by atoms with van der Waals surface area (Å²) in [5.41, 5.74) is -0.0177. The normalized spacial score (nSPS) is 14.8. The molecule has 0 amide bonds. The van der Waals surface area contributed by atoms with Crippen LogP contribution in [0.4, 0.5) is 5.69 Å². The Bertz CT molecular complexity index is 982. The second-order valence-corrected chi connectivity index (χ2v) is 9.51. The van der Waals surface area contributed by atoms with Crippen LogP contribution in [0.2, 0.25) is 0 Å². The lowest BCUT2D eigenvalue weighted by Crippen LogP contribution is -2.64. The number of nitrogens with zero attached hydrogens (tertiary/aromatic N) is 2. The van der Waals surface area contributed by atoms with Crippen molar-refractivity contribution < 1.29 is 24.2 Å². The van der Waals surface area contributed by atoms with Gasteiger partial charge in [-0.2, -0.15) is 4.99 Å². The molecule has 2 rings (SSSR count). The number of aliphatic hydroxyl groups excluding tert-OH is 1. The minimum atomic E-state index is -2.11. The number of carbonyl (C=O) groups is 1. The molecule has 3 atom stereocenters. The predicted molar refractivity (Wildman–Crippen MR) is 136 cm³/mol. The zero-order valence-electron chi connectivity index (χ0n) is 21.4. The van der Waals surface area contributed by atoms with Crippen molar-refractivity contribution in [2.75, 3.05) is 25.6 Å². The van der Waals surface area contributed by atoms with Crippen LogP contribution in [0.3, 0.4) is 0 Å². The summed E-state index contributed by atoms with van der Waals surface area (Å²) in [4.78, 5) is 30.5. The minimum Gasteiger partial charge on any atom is -0.463 e. The van der Waals surface area contributed by atoms with E-state index in [1.807, 2.05) is 94.4 Å². The van der Waals surface area contributed by atoms with Crippen molar-refractivity contribution in [2.24, 2.45) is 4.99 Å². The second kappa shape index (κ2) is 12.6. The van der Waals surface area contributed by atoms with Crippen molar-refractivity contribution in [3.63, 3.8) is 0 Å². The largest absolute Gasteiger partial charge is 0.463 e. The highest BCUT2D eigenvalue weighted by molar-refractivity contribution is 5.82. The molecule has 8 nitrogen and oxygen atoms in total. The van der Waals surface area contributed by atoms with Crippen LogP contribution in [-0.4, -0.2) is 61.3 Å². The molecule has 35 heavy (non-hydrogen) atoms. The number of benzene rings is 2. The van der Waals surface area contributed by atoms with E-state index >= 15 is 0 Å². The van der Waals surface area contributed by atoms with Gasteiger partial charge in [0.25, 0.3) is 0 Å². The van der Waals surface area contributed by atoms with Gasteiger partial charge in [-0.25, -0.2) is 9.59 Å². The van der Waals surface area contributed by atoms with Crippen molar-refractivity contribution in [3.8, 4) is 0 Å². The van der Waals surface area contributed by atoms with Gasteiger partial charge in [0, 0.05) is 32.7 Å². The summed E-state index contributed by atoms with van der Waals surface area (Å²) in [5.74, 6) is -0.878. The Morgan fingerprint density at radius 3 is 2.23 bits per heavy atom. The highest BCUT2D eigenvalue weighted by Gasteiger charge is 2.51. The van der Waals surface area contributed by atoms with Crippen LogP contribution in [-0.2, 0) is 32.0 Å². The third-order valence-corrected chi connectivity index (χ3v) is 5.39. The number of esters is 1. The summed E-state index contributed by atoms with van der Waals surface area (Å²) in [6.07, 6.45) is -0.693. The third-order valence-electron chi connectivity index (χ3n) is 5.39. The molecule has 0 radical (unpaired) electrons. The molecular weight excluding hydrogens is 446 g/mol. The number of carbonyl (C=O) groups excluding carboxylic acids is 2. The first-order valence-corrected chi connectivity index (χ1v) is 11.7. The summed E-state index contributed by atoms with van der Waals surface area (Å²) >= 11 is 0. The monoisotopic (exact) mass is 483 g/mol. The van der Waals surface area contributed by atoms with Crippen LogP contribution >= 0.6 is 0 Å². The van der Waals surface area contributed by atoms with Crippen molar-refractivity contribution in [1.29, 1.82) is 0 Å². The minimum absolute atomic E-state index is 0.0460. The van der Waals surface area contributed by atoms with Crippen LogP contribution in [0.25, 0.3) is 0 Å². The van der Waals surface area contributed by atoms with Crippen LogP contribution in [0, 0.1) is 0 Å². The fraction of sp³-hybridized carbons (Fsp3) is 0.481. The molecule has 2 aromatic rings. The Kier molecular flexibility index (Phi) is 10.2. The van der Waals surface area contributed by atoms with Gasteiger partial charge < -0.3 is 19.5 Å². The molecule has 0 heterocycles. The van der Waals surface area contributed by atoms with E-state index in [9.17, 15) is 14.7 Å². The molecule has 0 saturated heterocycles. The Hall–Kier alpha value is -3.03. The van der Waals surface area contributed by atoms with Gasteiger partial charge in [-0.15, -0.1) is 0 Å². The van der Waals surface area contributed by atoms with Gasteiger partial charge in [-0.3, -0.25) is 5.32 Å². The van der Waals surface area contributed by atoms with E-state index in [-0.39, 0.29) is 19.6 Å². The smallest absolute Gasteiger partial charge is 0.352 e. The lowest BCUT2D eigenvalue weighted by molar-refractivity contribution is -0.171. The summed E-state index contributed by atoms with van der Waals surface area (Å²) in [7, 11) is 3.88. The van der Waals surface area contributed by atoms with Crippen LogP contribution in [0.15, 0.2) is 59.6 Å². The summed E-state index contributed by atoms with van der Waals surface area (Å²) in [6.45, 7) is 7.39. The van der Waals surface area contributed by atoms with Crippen LogP contribution in [0.5, 0.6) is 0 Å². The fourth-order valence-electron chi connectivity index (χ4n) is 3.70. The van der Waals surface area contributed by atoms with Gasteiger partial charge >= 0.3 is 5.97 Å². The number of nitrogens with one attached hydrogen (secondary N) is 1. The molecule has 0 fully saturated rings. The topological polar surface area (TPSA) is 100 Å². The molecule has 0 aliphatic rings. The SMILES string of the molecule is CCOC(=O)[C@@](N=C=O)(NCc1ccc(N(C)C)cc1)[C@@H](O)[C@H](Cc1ccccc1)OC(C)(C)C. The van der Waals surface area contributed by atoms with E-state index in [4.69, 9.17) is 9.47 Å². The summed E-state index contributed by atoms with van der Waals surface area (Å²) in [5, 5.41) is 14.6. The van der Waals surface area contributed by atoms with Gasteiger partial charge in [0.2, 0.25) is 11.7 Å². The average molecular weight is 484 g/mol. The van der Waals surface area contributed by atoms with E-state index in [1.165, 1.54) is 6.08 Å². The third kappa shape index (κ3) is 8.01. The van der Waals surface area contributed by atoms with E-state index < -0.39 is 29.4 Å². The van der Waals surface area contributed by atoms with E-state index in [2.05, 4.69) is 10.3 Å². The van der Waals surface area contributed by atoms with Crippen molar-refractivity contribution in [1.82, 2.24) is 5.32 Å². The van der Waals surface area contributed by atoms with Crippen molar-refractivity contribution >= 4 is 17.7 Å². The molecule has 0 spiro atoms. The molecule has 2 N–H and O–H groups in total. The maximum Gasteiger partial charge on any atom is 0.352 e. The Morgan fingerprint density at radius 2 is 1.71 bits per heavy atom. The number of isocyanates is 1. The highest BCUT2D eigenvalue weighted by Crippen LogP contribution is 2.27. The quantitative estimate of drug-likeness (QED) is 0.272. The second-order valence-electron chi connectivity index (χ2n) is 9.51. The lowest BCUT2D eigenvalue weighted by atomic mass is 9.92. The number of rotatable bonds is 12. The molecule has 0 bridgehead atoms. The molecule has 0 saturated carbocycles. The molecule has 0 aromatic heterocycles. The summed E-state index contributed by atoms with van der Waals surface area (Å²) < 4.78 is 11.4. The highest BCUT2D eigenvalue weighted by atomic mass is 16.5. The molecule has 2 aromatic carbocycles. The Morgan fingerprint density at radius 1 is 1.09 bits per heavy atom. The van der Waals surface area contributed by atoms with E-state index in [1.54, 1.807) is 6.92 Å². The standard InChI is InChI=1S/C27H37N3O5/c1-7-34-25(33)27(29-19-31,28-18-21-13-15-22(16-14-21)30(5)6)24(32)23(35-26(2,3)4)17-20-11-9-8-10-12-20/h8-16,23-24,28,32H,7,17-18H2,1-6H3/t23-,24-,27+/m0/s1. The fourth-order valence-corrected chi connectivity index (χ4v) is 3.70. The van der Waals surface area contributed by atoms with Gasteiger partial charge in [-0.05, 0) is 51.0 Å². The molecule has 0 aliphatic heterocycles. The first kappa shape index (κ1) is 28.2. The summed E-state index contributed by atoms with van der Waals surface area (Å²) in [6, 6.07) is 17.1. The molecule has 0 aliphatic carbocycles.